The molecule has 8 nitrogen and oxygen atoms in total. The summed E-state index contributed by atoms with van der Waals surface area (Å²) < 4.78 is 0. The van der Waals surface area contributed by atoms with Crippen LogP contribution in [-0.2, 0) is 4.79 Å². The van der Waals surface area contributed by atoms with Gasteiger partial charge in [0.25, 0.3) is 5.91 Å². The summed E-state index contributed by atoms with van der Waals surface area (Å²) in [5, 5.41) is 29.3. The number of H-pyrrole nitrogens is 1. The van der Waals surface area contributed by atoms with E-state index in [0.717, 1.165) is 30.2 Å². The number of aliphatic hydroxyl groups excluding tert-OH is 1. The van der Waals surface area contributed by atoms with Crippen LogP contribution >= 0.6 is 11.6 Å². The highest BCUT2D eigenvalue weighted by Crippen LogP contribution is 2.33. The molecule has 1 saturated heterocycles. The number of halogens is 1. The van der Waals surface area contributed by atoms with Crippen LogP contribution < -0.4 is 16.0 Å². The minimum atomic E-state index is -0.725. The molecule has 1 aliphatic carbocycles. The zero-order valence-corrected chi connectivity index (χ0v) is 17.8. The Morgan fingerprint density at radius 3 is 2.71 bits per heavy atom. The number of carbonyl (C=O) groups excluding carboxylic acids is 2. The minimum Gasteiger partial charge on any atom is -0.378 e. The van der Waals surface area contributed by atoms with E-state index < -0.39 is 18.3 Å². The number of aromatic nitrogens is 1. The van der Waals surface area contributed by atoms with Crippen LogP contribution in [0.4, 0.5) is 0 Å². The molecule has 4 atom stereocenters. The average molecular weight is 444 g/mol. The number of fused-ring (bicyclic) bond motifs is 1. The summed E-state index contributed by atoms with van der Waals surface area (Å²) in [6.45, 7) is 0.688. The molecule has 9 heteroatoms. The summed E-state index contributed by atoms with van der Waals surface area (Å²) in [7, 11) is 0. The first-order valence-corrected chi connectivity index (χ1v) is 11.0. The molecule has 0 spiro atoms. The number of aromatic amines is 1. The van der Waals surface area contributed by atoms with Gasteiger partial charge in [0.2, 0.25) is 5.91 Å². The van der Waals surface area contributed by atoms with Gasteiger partial charge in [-0.3, -0.25) is 14.9 Å². The number of hydrogen-bond donors (Lipinski definition) is 5. The molecule has 0 bridgehead atoms. The van der Waals surface area contributed by atoms with Gasteiger partial charge in [0.15, 0.2) is 0 Å². The maximum Gasteiger partial charge on any atom is 0.268 e. The van der Waals surface area contributed by atoms with Gasteiger partial charge in [-0.15, -0.1) is 0 Å². The predicted octanol–water partition coefficient (Wildman–Crippen LogP) is 2.05. The Balaban J connectivity index is 1.42. The van der Waals surface area contributed by atoms with E-state index in [9.17, 15) is 20.0 Å². The van der Waals surface area contributed by atoms with Crippen molar-refractivity contribution in [3.8, 4) is 6.07 Å². The van der Waals surface area contributed by atoms with Gasteiger partial charge < -0.3 is 20.7 Å². The SMILES string of the molecule is N#C[C@H](C[C@@H]1CCNC1O)NC(=O)[C@H](CC1CC1)NC(=O)c1cc2ccc(Cl)cc2[nH]1. The van der Waals surface area contributed by atoms with Crippen molar-refractivity contribution in [2.24, 2.45) is 11.8 Å². The second-order valence-corrected chi connectivity index (χ2v) is 8.93. The lowest BCUT2D eigenvalue weighted by atomic mass is 9.98. The summed E-state index contributed by atoms with van der Waals surface area (Å²) in [4.78, 5) is 28.8. The van der Waals surface area contributed by atoms with E-state index in [1.807, 2.05) is 6.07 Å². The minimum absolute atomic E-state index is 0.0837. The first kappa shape index (κ1) is 21.6. The van der Waals surface area contributed by atoms with Crippen molar-refractivity contribution in [2.45, 2.75) is 50.4 Å². The Hall–Kier alpha value is -2.60. The van der Waals surface area contributed by atoms with Crippen LogP contribution in [0.3, 0.4) is 0 Å². The predicted molar refractivity (Wildman–Crippen MR) is 116 cm³/mol. The van der Waals surface area contributed by atoms with Gasteiger partial charge in [-0.05, 0) is 49.9 Å². The van der Waals surface area contributed by atoms with Crippen molar-refractivity contribution in [3.05, 3.63) is 35.0 Å². The Bertz CT molecular complexity index is 1010. The lowest BCUT2D eigenvalue weighted by molar-refractivity contribution is -0.123. The van der Waals surface area contributed by atoms with E-state index >= 15 is 0 Å². The Morgan fingerprint density at radius 2 is 2.03 bits per heavy atom. The van der Waals surface area contributed by atoms with E-state index in [0.29, 0.717) is 36.0 Å². The highest BCUT2D eigenvalue weighted by atomic mass is 35.5. The molecule has 2 fully saturated rings. The number of nitrogens with one attached hydrogen (secondary N) is 4. The molecule has 164 valence electrons. The standard InChI is InChI=1S/C22H26ClN5O3/c23-15-4-3-13-9-19(27-17(13)10-15)22(31)28-18(7-12-1-2-12)21(30)26-16(11-24)8-14-5-6-25-20(14)29/h3-4,9-10,12,14,16,18,20,25,27,29H,1-2,5-8H2,(H,26,30)(H,28,31)/t14-,16-,18-,20?/m0/s1. The first-order chi connectivity index (χ1) is 14.9. The van der Waals surface area contributed by atoms with Crippen molar-refractivity contribution < 1.29 is 14.7 Å². The number of carbonyl (C=O) groups is 2. The molecule has 2 heterocycles. The van der Waals surface area contributed by atoms with Gasteiger partial charge in [-0.1, -0.05) is 30.5 Å². The molecule has 1 saturated carbocycles. The maximum atomic E-state index is 12.9. The number of aliphatic hydroxyl groups is 1. The van der Waals surface area contributed by atoms with E-state index in [4.69, 9.17) is 11.6 Å². The number of amides is 2. The zero-order chi connectivity index (χ0) is 22.0. The third-order valence-corrected chi connectivity index (χ3v) is 6.28. The third kappa shape index (κ3) is 5.37. The second kappa shape index (κ2) is 9.27. The lowest BCUT2D eigenvalue weighted by Gasteiger charge is -2.22. The Morgan fingerprint density at radius 1 is 1.23 bits per heavy atom. The van der Waals surface area contributed by atoms with Crippen LogP contribution in [0.2, 0.25) is 5.02 Å². The van der Waals surface area contributed by atoms with Crippen LogP contribution in [-0.4, -0.2) is 46.8 Å². The average Bonchev–Trinajstić information content (AvgIpc) is 3.32. The summed E-state index contributed by atoms with van der Waals surface area (Å²) >= 11 is 6.01. The van der Waals surface area contributed by atoms with Crippen LogP contribution in [0, 0.1) is 23.2 Å². The lowest BCUT2D eigenvalue weighted by Crippen LogP contribution is -2.50. The number of nitrogens with zero attached hydrogens (tertiary/aromatic N) is 1. The molecule has 0 radical (unpaired) electrons. The largest absolute Gasteiger partial charge is 0.378 e. The highest BCUT2D eigenvalue weighted by Gasteiger charge is 2.33. The van der Waals surface area contributed by atoms with E-state index in [2.05, 4.69) is 27.0 Å². The van der Waals surface area contributed by atoms with Gasteiger partial charge in [-0.2, -0.15) is 5.26 Å². The van der Waals surface area contributed by atoms with Crippen molar-refractivity contribution >= 4 is 34.3 Å². The monoisotopic (exact) mass is 443 g/mol. The molecule has 1 aliphatic heterocycles. The summed E-state index contributed by atoms with van der Waals surface area (Å²) in [6.07, 6.45) is 3.06. The highest BCUT2D eigenvalue weighted by molar-refractivity contribution is 6.31. The van der Waals surface area contributed by atoms with Crippen molar-refractivity contribution in [3.63, 3.8) is 0 Å². The molecule has 4 rings (SSSR count). The van der Waals surface area contributed by atoms with Crippen LogP contribution in [0.5, 0.6) is 0 Å². The number of hydrogen-bond acceptors (Lipinski definition) is 5. The van der Waals surface area contributed by atoms with E-state index in [1.165, 1.54) is 0 Å². The number of nitriles is 1. The van der Waals surface area contributed by atoms with Crippen LogP contribution in [0.15, 0.2) is 24.3 Å². The zero-order valence-electron chi connectivity index (χ0n) is 17.0. The van der Waals surface area contributed by atoms with Crippen molar-refractivity contribution in [1.82, 2.24) is 20.9 Å². The van der Waals surface area contributed by atoms with Gasteiger partial charge in [-0.25, -0.2) is 0 Å². The van der Waals surface area contributed by atoms with Crippen LogP contribution in [0.1, 0.15) is 42.6 Å². The van der Waals surface area contributed by atoms with Gasteiger partial charge in [0.1, 0.15) is 24.0 Å². The van der Waals surface area contributed by atoms with Crippen molar-refractivity contribution in [1.29, 1.82) is 5.26 Å². The fraction of sp³-hybridized carbons (Fsp3) is 0.500. The van der Waals surface area contributed by atoms with E-state index in [1.54, 1.807) is 18.2 Å². The van der Waals surface area contributed by atoms with Gasteiger partial charge in [0, 0.05) is 21.8 Å². The molecule has 2 aromatic rings. The third-order valence-electron chi connectivity index (χ3n) is 6.04. The summed E-state index contributed by atoms with van der Waals surface area (Å²) in [6, 6.07) is 7.70. The quantitative estimate of drug-likeness (QED) is 0.426. The second-order valence-electron chi connectivity index (χ2n) is 8.49. The van der Waals surface area contributed by atoms with Gasteiger partial charge in [0.05, 0.1) is 6.07 Å². The first-order valence-electron chi connectivity index (χ1n) is 10.6. The molecule has 1 unspecified atom stereocenters. The van der Waals surface area contributed by atoms with E-state index in [-0.39, 0.29) is 17.7 Å². The molecule has 2 aliphatic rings. The topological polar surface area (TPSA) is 130 Å². The molecular formula is C22H26ClN5O3. The number of rotatable bonds is 8. The fourth-order valence-electron chi connectivity index (χ4n) is 4.08. The Kier molecular flexibility index (Phi) is 6.46. The molecule has 5 N–H and O–H groups in total. The fourth-order valence-corrected chi connectivity index (χ4v) is 4.25. The van der Waals surface area contributed by atoms with Crippen molar-refractivity contribution in [2.75, 3.05) is 6.54 Å². The maximum absolute atomic E-state index is 12.9. The molecule has 31 heavy (non-hydrogen) atoms. The molecular weight excluding hydrogens is 418 g/mol. The smallest absolute Gasteiger partial charge is 0.268 e. The normalized spacial score (nSPS) is 22.6. The summed E-state index contributed by atoms with van der Waals surface area (Å²) in [5.41, 5.74) is 1.09. The summed E-state index contributed by atoms with van der Waals surface area (Å²) in [5.74, 6) is -0.429. The number of benzene rings is 1. The molecule has 2 amide bonds. The molecule has 1 aromatic carbocycles. The molecule has 1 aromatic heterocycles. The van der Waals surface area contributed by atoms with Crippen LogP contribution in [0.25, 0.3) is 10.9 Å². The van der Waals surface area contributed by atoms with Gasteiger partial charge >= 0.3 is 0 Å². The Labute approximate surface area is 185 Å².